The van der Waals surface area contributed by atoms with Crippen LogP contribution in [0.2, 0.25) is 0 Å². The van der Waals surface area contributed by atoms with Crippen molar-refractivity contribution < 1.29 is 0 Å². The zero-order valence-electron chi connectivity index (χ0n) is 6.70. The molecule has 0 atom stereocenters. The molecule has 1 aromatic rings. The van der Waals surface area contributed by atoms with Crippen LogP contribution >= 0.6 is 0 Å². The summed E-state index contributed by atoms with van der Waals surface area (Å²) in [6.07, 6.45) is 0. The Morgan fingerprint density at radius 3 is 2.64 bits per heavy atom. The second kappa shape index (κ2) is 3.14. The maximum absolute atomic E-state index is 4.94. The molecule has 0 spiro atoms. The van der Waals surface area contributed by atoms with Crippen LogP contribution in [0.4, 0.5) is 5.69 Å². The lowest BCUT2D eigenvalue weighted by Crippen LogP contribution is -1.81. The monoisotopic (exact) mass is 149 g/mol. The van der Waals surface area contributed by atoms with Crippen molar-refractivity contribution in [3.8, 4) is 0 Å². The Hall–Kier alpha value is -1.38. The SMILES string of the molecule is Cc1cccc(N=NN)c1C. The van der Waals surface area contributed by atoms with E-state index in [4.69, 9.17) is 5.84 Å². The molecule has 0 bridgehead atoms. The molecule has 0 saturated heterocycles. The van der Waals surface area contributed by atoms with Crippen LogP contribution in [0.15, 0.2) is 28.5 Å². The molecule has 0 aromatic heterocycles. The van der Waals surface area contributed by atoms with Crippen LogP contribution in [0.3, 0.4) is 0 Å². The Morgan fingerprint density at radius 1 is 1.27 bits per heavy atom. The van der Waals surface area contributed by atoms with Crippen molar-refractivity contribution >= 4 is 5.69 Å². The minimum atomic E-state index is 0.840. The Bertz CT molecular complexity index is 279. The summed E-state index contributed by atoms with van der Waals surface area (Å²) in [5.41, 5.74) is 3.17. The van der Waals surface area contributed by atoms with Crippen molar-refractivity contribution in [1.82, 2.24) is 0 Å². The third-order valence-electron chi connectivity index (χ3n) is 1.74. The van der Waals surface area contributed by atoms with E-state index >= 15 is 0 Å². The molecule has 0 radical (unpaired) electrons. The first kappa shape index (κ1) is 7.72. The molecule has 0 saturated carbocycles. The van der Waals surface area contributed by atoms with Gasteiger partial charge in [-0.1, -0.05) is 17.4 Å². The predicted molar refractivity (Wildman–Crippen MR) is 44.6 cm³/mol. The molecule has 3 heteroatoms. The summed E-state index contributed by atoms with van der Waals surface area (Å²) >= 11 is 0. The Kier molecular flexibility index (Phi) is 2.21. The highest BCUT2D eigenvalue weighted by atomic mass is 15.3. The largest absolute Gasteiger partial charge is 0.305 e. The molecular weight excluding hydrogens is 138 g/mol. The first-order chi connectivity index (χ1) is 5.25. The van der Waals surface area contributed by atoms with Gasteiger partial charge in [-0.05, 0) is 31.0 Å². The summed E-state index contributed by atoms with van der Waals surface area (Å²) in [5, 5.41) is 7.00. The first-order valence-corrected chi connectivity index (χ1v) is 3.43. The highest BCUT2D eigenvalue weighted by molar-refractivity contribution is 5.48. The molecule has 0 fully saturated rings. The van der Waals surface area contributed by atoms with Gasteiger partial charge in [-0.3, -0.25) is 0 Å². The van der Waals surface area contributed by atoms with Crippen LogP contribution in [0, 0.1) is 13.8 Å². The molecule has 0 aliphatic rings. The van der Waals surface area contributed by atoms with E-state index in [0.717, 1.165) is 11.3 Å². The zero-order valence-corrected chi connectivity index (χ0v) is 6.70. The minimum Gasteiger partial charge on any atom is -0.305 e. The van der Waals surface area contributed by atoms with Crippen molar-refractivity contribution in [3.63, 3.8) is 0 Å². The summed E-state index contributed by atoms with van der Waals surface area (Å²) in [6, 6.07) is 5.86. The average molecular weight is 149 g/mol. The summed E-state index contributed by atoms with van der Waals surface area (Å²) < 4.78 is 0. The van der Waals surface area contributed by atoms with E-state index in [0.29, 0.717) is 0 Å². The number of nitrogens with zero attached hydrogens (tertiary/aromatic N) is 2. The molecule has 0 heterocycles. The van der Waals surface area contributed by atoms with Crippen molar-refractivity contribution in [2.24, 2.45) is 16.2 Å². The van der Waals surface area contributed by atoms with Gasteiger partial charge < -0.3 is 5.84 Å². The molecule has 0 amide bonds. The molecule has 1 aromatic carbocycles. The minimum absolute atomic E-state index is 0.840. The number of rotatable bonds is 1. The van der Waals surface area contributed by atoms with Gasteiger partial charge in [0, 0.05) is 0 Å². The molecule has 2 N–H and O–H groups in total. The number of nitrogens with two attached hydrogens (primary N) is 1. The van der Waals surface area contributed by atoms with E-state index in [-0.39, 0.29) is 0 Å². The molecule has 3 nitrogen and oxygen atoms in total. The smallest absolute Gasteiger partial charge is 0.0905 e. The second-order valence-corrected chi connectivity index (χ2v) is 2.43. The summed E-state index contributed by atoms with van der Waals surface area (Å²) in [4.78, 5) is 0. The topological polar surface area (TPSA) is 50.7 Å². The molecule has 58 valence electrons. The Balaban J connectivity index is 3.16. The zero-order chi connectivity index (χ0) is 8.27. The first-order valence-electron chi connectivity index (χ1n) is 3.43. The maximum atomic E-state index is 4.94. The van der Waals surface area contributed by atoms with Gasteiger partial charge in [0.15, 0.2) is 0 Å². The lowest BCUT2D eigenvalue weighted by molar-refractivity contribution is 1.05. The van der Waals surface area contributed by atoms with E-state index in [9.17, 15) is 0 Å². The third kappa shape index (κ3) is 1.55. The normalized spacial score (nSPS) is 10.7. The van der Waals surface area contributed by atoms with Crippen LogP contribution in [0.25, 0.3) is 0 Å². The van der Waals surface area contributed by atoms with Crippen molar-refractivity contribution in [1.29, 1.82) is 0 Å². The van der Waals surface area contributed by atoms with Crippen LogP contribution in [0.1, 0.15) is 11.1 Å². The lowest BCUT2D eigenvalue weighted by atomic mass is 10.1. The van der Waals surface area contributed by atoms with Gasteiger partial charge in [-0.25, -0.2) is 0 Å². The van der Waals surface area contributed by atoms with Gasteiger partial charge >= 0.3 is 0 Å². The standard InChI is InChI=1S/C8H11N3/c1-6-4-3-5-8(7(6)2)10-11-9/h3-5H,1-2H3,(H2,9,10). The van der Waals surface area contributed by atoms with Crippen LogP contribution < -0.4 is 5.84 Å². The predicted octanol–water partition coefficient (Wildman–Crippen LogP) is 2.26. The van der Waals surface area contributed by atoms with Crippen molar-refractivity contribution in [3.05, 3.63) is 29.3 Å². The molecule has 0 unspecified atom stereocenters. The molecular formula is C8H11N3. The van der Waals surface area contributed by atoms with Crippen molar-refractivity contribution in [2.45, 2.75) is 13.8 Å². The number of aryl methyl sites for hydroxylation is 1. The molecule has 0 aliphatic carbocycles. The molecule has 1 rings (SSSR count). The highest BCUT2D eigenvalue weighted by Gasteiger charge is 1.97. The third-order valence-corrected chi connectivity index (χ3v) is 1.74. The number of hydrogen-bond donors (Lipinski definition) is 1. The highest BCUT2D eigenvalue weighted by Crippen LogP contribution is 2.20. The Morgan fingerprint density at radius 2 is 2.00 bits per heavy atom. The number of benzene rings is 1. The van der Waals surface area contributed by atoms with Crippen molar-refractivity contribution in [2.75, 3.05) is 0 Å². The maximum Gasteiger partial charge on any atom is 0.0905 e. The van der Waals surface area contributed by atoms with Gasteiger partial charge in [0.1, 0.15) is 0 Å². The van der Waals surface area contributed by atoms with E-state index < -0.39 is 0 Å². The fourth-order valence-electron chi connectivity index (χ4n) is 0.906. The van der Waals surface area contributed by atoms with E-state index in [1.165, 1.54) is 5.56 Å². The van der Waals surface area contributed by atoms with Gasteiger partial charge in [-0.15, -0.1) is 5.11 Å². The van der Waals surface area contributed by atoms with E-state index in [1.54, 1.807) is 0 Å². The average Bonchev–Trinajstić information content (AvgIpc) is 1.99. The Labute approximate surface area is 65.9 Å². The van der Waals surface area contributed by atoms with Gasteiger partial charge in [-0.2, -0.15) is 0 Å². The molecule has 11 heavy (non-hydrogen) atoms. The fraction of sp³-hybridized carbons (Fsp3) is 0.250. The van der Waals surface area contributed by atoms with Gasteiger partial charge in [0.05, 0.1) is 5.69 Å². The second-order valence-electron chi connectivity index (χ2n) is 2.43. The summed E-state index contributed by atoms with van der Waals surface area (Å²) in [5.74, 6) is 4.94. The lowest BCUT2D eigenvalue weighted by Gasteiger charge is -2.00. The summed E-state index contributed by atoms with van der Waals surface area (Å²) in [7, 11) is 0. The quantitative estimate of drug-likeness (QED) is 0.371. The number of hydrogen-bond acceptors (Lipinski definition) is 2. The summed E-state index contributed by atoms with van der Waals surface area (Å²) in [6.45, 7) is 4.03. The van der Waals surface area contributed by atoms with E-state index in [2.05, 4.69) is 10.3 Å². The van der Waals surface area contributed by atoms with E-state index in [1.807, 2.05) is 32.0 Å². The molecule has 0 aliphatic heterocycles. The fourth-order valence-corrected chi connectivity index (χ4v) is 0.906. The van der Waals surface area contributed by atoms with Crippen LogP contribution in [-0.2, 0) is 0 Å². The van der Waals surface area contributed by atoms with Gasteiger partial charge in [0.2, 0.25) is 0 Å². The van der Waals surface area contributed by atoms with Crippen LogP contribution in [0.5, 0.6) is 0 Å². The van der Waals surface area contributed by atoms with Gasteiger partial charge in [0.25, 0.3) is 0 Å². The van der Waals surface area contributed by atoms with Crippen LogP contribution in [-0.4, -0.2) is 0 Å².